The average Bonchev–Trinajstić information content (AvgIpc) is 3.96. The first-order valence-corrected chi connectivity index (χ1v) is 19.1. The van der Waals surface area contributed by atoms with Crippen molar-refractivity contribution in [1.29, 1.82) is 0 Å². The molecule has 57 heavy (non-hydrogen) atoms. The molecule has 0 saturated carbocycles. The number of hydrogen-bond acceptors (Lipinski definition) is 4. The Morgan fingerprint density at radius 1 is 0.404 bits per heavy atom. The first-order valence-electron chi connectivity index (χ1n) is 19.1. The highest BCUT2D eigenvalue weighted by Crippen LogP contribution is 2.41. The van der Waals surface area contributed by atoms with E-state index in [2.05, 4.69) is 119 Å². The Labute approximate surface area is 326 Å². The topological polar surface area (TPSA) is 72.5 Å². The van der Waals surface area contributed by atoms with Crippen LogP contribution in [-0.4, -0.2) is 24.5 Å². The van der Waals surface area contributed by atoms with Crippen LogP contribution in [0, 0.1) is 0 Å². The minimum Gasteiger partial charge on any atom is -0.454 e. The van der Waals surface area contributed by atoms with Gasteiger partial charge in [0.05, 0.1) is 16.7 Å². The van der Waals surface area contributed by atoms with E-state index in [1.54, 1.807) is 0 Å². The van der Waals surface area contributed by atoms with Gasteiger partial charge in [0.1, 0.15) is 5.58 Å². The molecule has 0 saturated heterocycles. The second-order valence-electron chi connectivity index (χ2n) is 14.5. The summed E-state index contributed by atoms with van der Waals surface area (Å²) in [5.74, 6) is 1.91. The second kappa shape index (κ2) is 12.3. The van der Waals surface area contributed by atoms with Crippen molar-refractivity contribution in [2.24, 2.45) is 0 Å². The number of benzene rings is 8. The van der Waals surface area contributed by atoms with Crippen molar-refractivity contribution in [2.75, 3.05) is 0 Å². The molecule has 6 nitrogen and oxygen atoms in total. The zero-order valence-electron chi connectivity index (χ0n) is 30.5. The minimum absolute atomic E-state index is 0.633. The minimum atomic E-state index is 0.633. The van der Waals surface area contributed by atoms with Crippen LogP contribution in [0.4, 0.5) is 0 Å². The molecular formula is C51H31N5O. The van der Waals surface area contributed by atoms with Gasteiger partial charge in [-0.15, -0.1) is 0 Å². The van der Waals surface area contributed by atoms with Crippen molar-refractivity contribution in [2.45, 2.75) is 0 Å². The Morgan fingerprint density at radius 2 is 1.02 bits per heavy atom. The van der Waals surface area contributed by atoms with Gasteiger partial charge in [-0.25, -0.2) is 15.0 Å². The quantitative estimate of drug-likeness (QED) is 0.191. The number of nitrogens with zero attached hydrogens (tertiary/aromatic N) is 4. The highest BCUT2D eigenvalue weighted by atomic mass is 16.3. The largest absolute Gasteiger partial charge is 0.454 e. The van der Waals surface area contributed by atoms with E-state index < -0.39 is 0 Å². The molecule has 0 atom stereocenters. The fourth-order valence-corrected chi connectivity index (χ4v) is 8.57. The van der Waals surface area contributed by atoms with Crippen molar-refractivity contribution in [3.05, 3.63) is 182 Å². The van der Waals surface area contributed by atoms with Crippen molar-refractivity contribution < 1.29 is 4.42 Å². The molecule has 8 aromatic carbocycles. The van der Waals surface area contributed by atoms with Crippen molar-refractivity contribution >= 4 is 65.6 Å². The van der Waals surface area contributed by atoms with Crippen molar-refractivity contribution in [3.63, 3.8) is 0 Å². The van der Waals surface area contributed by atoms with Gasteiger partial charge in [-0.2, -0.15) is 0 Å². The average molecular weight is 730 g/mol. The summed E-state index contributed by atoms with van der Waals surface area (Å²) >= 11 is 0. The smallest absolute Gasteiger partial charge is 0.164 e. The van der Waals surface area contributed by atoms with Crippen LogP contribution < -0.4 is 0 Å². The van der Waals surface area contributed by atoms with Gasteiger partial charge in [-0.1, -0.05) is 133 Å². The Balaban J connectivity index is 1.04. The lowest BCUT2D eigenvalue weighted by atomic mass is 9.99. The standard InChI is InChI=1S/C51H31N5O/c1-3-13-31(14-4-1)49-53-50(32-15-5-2-6-16-32)55-51(54-49)38-20-11-21-42-47(38)40-30-33(25-27-41(40)52-42)34-26-28-44-39(29-34)35-17-7-9-22-43(35)56(44)45-23-12-19-37-36-18-8-10-24-46(36)57-48(37)45/h1-30,52H. The van der Waals surface area contributed by atoms with Crippen LogP contribution in [-0.2, 0) is 0 Å². The van der Waals surface area contributed by atoms with Crippen LogP contribution in [0.25, 0.3) is 117 Å². The molecule has 6 heteroatoms. The number of furan rings is 1. The molecule has 0 fully saturated rings. The van der Waals surface area contributed by atoms with Gasteiger partial charge in [0.25, 0.3) is 0 Å². The van der Waals surface area contributed by atoms with E-state index in [4.69, 9.17) is 19.4 Å². The zero-order chi connectivity index (χ0) is 37.5. The lowest BCUT2D eigenvalue weighted by Crippen LogP contribution is -2.00. The Bertz CT molecular complexity index is 3470. The summed E-state index contributed by atoms with van der Waals surface area (Å²) < 4.78 is 8.87. The first kappa shape index (κ1) is 31.5. The van der Waals surface area contributed by atoms with E-state index in [1.807, 2.05) is 72.8 Å². The van der Waals surface area contributed by atoms with E-state index in [-0.39, 0.29) is 0 Å². The van der Waals surface area contributed by atoms with E-state index in [0.717, 1.165) is 88.3 Å². The SMILES string of the molecule is c1ccc(-c2nc(-c3ccccc3)nc(-c3cccc4[nH]c5ccc(-c6ccc7c(c6)c6ccccc6n7-c6cccc7c6oc6ccccc67)cc5c34)n2)cc1. The maximum atomic E-state index is 6.53. The maximum absolute atomic E-state index is 6.53. The van der Waals surface area contributed by atoms with Gasteiger partial charge in [0.15, 0.2) is 23.1 Å². The van der Waals surface area contributed by atoms with Gasteiger partial charge < -0.3 is 14.0 Å². The fourth-order valence-electron chi connectivity index (χ4n) is 8.57. The van der Waals surface area contributed by atoms with Crippen LogP contribution in [0.15, 0.2) is 186 Å². The van der Waals surface area contributed by atoms with E-state index in [9.17, 15) is 0 Å². The molecule has 0 aliphatic heterocycles. The molecule has 0 unspecified atom stereocenters. The lowest BCUT2D eigenvalue weighted by Gasteiger charge is -2.10. The summed E-state index contributed by atoms with van der Waals surface area (Å²) in [4.78, 5) is 18.8. The van der Waals surface area contributed by atoms with Gasteiger partial charge in [-0.05, 0) is 59.7 Å². The van der Waals surface area contributed by atoms with E-state index in [1.165, 1.54) is 10.8 Å². The Morgan fingerprint density at radius 3 is 1.81 bits per heavy atom. The number of para-hydroxylation sites is 3. The van der Waals surface area contributed by atoms with Crippen LogP contribution in [0.3, 0.4) is 0 Å². The predicted octanol–water partition coefficient (Wildman–Crippen LogP) is 13.2. The third-order valence-electron chi connectivity index (χ3n) is 11.2. The number of hydrogen-bond donors (Lipinski definition) is 1. The second-order valence-corrected chi connectivity index (χ2v) is 14.5. The number of fused-ring (bicyclic) bond motifs is 9. The van der Waals surface area contributed by atoms with E-state index >= 15 is 0 Å². The van der Waals surface area contributed by atoms with Gasteiger partial charge in [0, 0.05) is 60.0 Å². The lowest BCUT2D eigenvalue weighted by molar-refractivity contribution is 0.666. The molecule has 4 heterocycles. The molecule has 0 aliphatic carbocycles. The van der Waals surface area contributed by atoms with Crippen molar-refractivity contribution in [3.8, 4) is 51.0 Å². The summed E-state index contributed by atoms with van der Waals surface area (Å²) in [6.45, 7) is 0. The number of aromatic nitrogens is 5. The normalized spacial score (nSPS) is 11.9. The predicted molar refractivity (Wildman–Crippen MR) is 233 cm³/mol. The molecule has 12 rings (SSSR count). The Kier molecular flexibility index (Phi) is 6.83. The van der Waals surface area contributed by atoms with Crippen LogP contribution in [0.1, 0.15) is 0 Å². The van der Waals surface area contributed by atoms with Crippen molar-refractivity contribution in [1.82, 2.24) is 24.5 Å². The highest BCUT2D eigenvalue weighted by molar-refractivity contribution is 6.16. The summed E-state index contributed by atoms with van der Waals surface area (Å²) in [6.07, 6.45) is 0. The van der Waals surface area contributed by atoms with Crippen LogP contribution in [0.2, 0.25) is 0 Å². The molecule has 0 spiro atoms. The molecule has 0 radical (unpaired) electrons. The number of nitrogens with one attached hydrogen (secondary N) is 1. The molecular weight excluding hydrogens is 699 g/mol. The number of rotatable bonds is 5. The molecule has 266 valence electrons. The van der Waals surface area contributed by atoms with Crippen LogP contribution >= 0.6 is 0 Å². The third-order valence-corrected chi connectivity index (χ3v) is 11.2. The van der Waals surface area contributed by atoms with Gasteiger partial charge in [0.2, 0.25) is 0 Å². The van der Waals surface area contributed by atoms with Gasteiger partial charge in [-0.3, -0.25) is 0 Å². The fraction of sp³-hybridized carbons (Fsp3) is 0. The third kappa shape index (κ3) is 4.94. The maximum Gasteiger partial charge on any atom is 0.164 e. The highest BCUT2D eigenvalue weighted by Gasteiger charge is 2.20. The number of H-pyrrole nitrogens is 1. The molecule has 12 aromatic rings. The summed E-state index contributed by atoms with van der Waals surface area (Å²) in [5.41, 5.74) is 12.2. The number of aromatic amines is 1. The van der Waals surface area contributed by atoms with Gasteiger partial charge >= 0.3 is 0 Å². The molecule has 1 N–H and O–H groups in total. The summed E-state index contributed by atoms with van der Waals surface area (Å²) in [6, 6.07) is 63.4. The zero-order valence-corrected chi connectivity index (χ0v) is 30.5. The van der Waals surface area contributed by atoms with E-state index in [0.29, 0.717) is 17.5 Å². The van der Waals surface area contributed by atoms with Crippen LogP contribution in [0.5, 0.6) is 0 Å². The summed E-state index contributed by atoms with van der Waals surface area (Å²) in [5, 5.41) is 6.80. The molecule has 0 amide bonds. The first-order chi connectivity index (χ1) is 28.2. The monoisotopic (exact) mass is 729 g/mol. The molecule has 0 aliphatic rings. The molecule has 4 aromatic heterocycles. The molecule has 0 bridgehead atoms. The summed E-state index contributed by atoms with van der Waals surface area (Å²) in [7, 11) is 0. The Hall–Kier alpha value is -7.83.